The van der Waals surface area contributed by atoms with E-state index in [1.807, 2.05) is 19.2 Å². The van der Waals surface area contributed by atoms with Crippen LogP contribution >= 0.6 is 0 Å². The third-order valence-corrected chi connectivity index (χ3v) is 8.11. The number of methoxy groups -OCH3 is 1. The Morgan fingerprint density at radius 1 is 1.32 bits per heavy atom. The van der Waals surface area contributed by atoms with Crippen molar-refractivity contribution in [2.75, 3.05) is 27.2 Å². The average Bonchev–Trinajstić information content (AvgIpc) is 3.31. The van der Waals surface area contributed by atoms with E-state index in [1.54, 1.807) is 30.0 Å². The lowest BCUT2D eigenvalue weighted by molar-refractivity contribution is -0.133. The largest absolute Gasteiger partial charge is 0.494 e. The maximum atomic E-state index is 15.6. The fourth-order valence-electron chi connectivity index (χ4n) is 5.86. The fourth-order valence-corrected chi connectivity index (χ4v) is 5.86. The molecule has 1 aliphatic carbocycles. The molecule has 1 aromatic heterocycles. The Balaban J connectivity index is 1.61. The van der Waals surface area contributed by atoms with E-state index in [4.69, 9.17) is 4.74 Å². The van der Waals surface area contributed by atoms with Gasteiger partial charge in [0.25, 0.3) is 5.91 Å². The zero-order valence-corrected chi connectivity index (χ0v) is 22.0. The minimum absolute atomic E-state index is 0.121. The van der Waals surface area contributed by atoms with E-state index in [0.29, 0.717) is 53.2 Å². The predicted octanol–water partition coefficient (Wildman–Crippen LogP) is 3.91. The van der Waals surface area contributed by atoms with E-state index in [0.717, 1.165) is 6.54 Å². The molecule has 0 saturated carbocycles. The van der Waals surface area contributed by atoms with Crippen molar-refractivity contribution in [2.45, 2.75) is 63.8 Å². The van der Waals surface area contributed by atoms with Gasteiger partial charge < -0.3 is 19.7 Å². The molecule has 1 unspecified atom stereocenters. The molecule has 3 atom stereocenters. The van der Waals surface area contributed by atoms with Crippen LogP contribution in [0, 0.1) is 5.82 Å². The summed E-state index contributed by atoms with van der Waals surface area (Å²) < 4.78 is 20.8. The third kappa shape index (κ3) is 3.95. The lowest BCUT2D eigenvalue weighted by atomic mass is 9.80. The molecule has 0 spiro atoms. The normalized spacial score (nSPS) is 25.4. The van der Waals surface area contributed by atoms with Crippen LogP contribution in [0.1, 0.15) is 50.9 Å². The Bertz CT molecular complexity index is 1310. The van der Waals surface area contributed by atoms with Crippen molar-refractivity contribution >= 4 is 22.8 Å². The van der Waals surface area contributed by atoms with Crippen LogP contribution in [0.15, 0.2) is 35.9 Å². The summed E-state index contributed by atoms with van der Waals surface area (Å²) in [5, 5.41) is 10.8. The highest BCUT2D eigenvalue weighted by atomic mass is 19.1. The van der Waals surface area contributed by atoms with E-state index >= 15 is 4.39 Å². The molecule has 5 rings (SSSR count). The molecule has 0 bridgehead atoms. The summed E-state index contributed by atoms with van der Waals surface area (Å²) >= 11 is 0. The van der Waals surface area contributed by atoms with E-state index < -0.39 is 23.5 Å². The van der Waals surface area contributed by atoms with Gasteiger partial charge in [-0.2, -0.15) is 0 Å². The molecule has 2 N–H and O–H groups in total. The summed E-state index contributed by atoms with van der Waals surface area (Å²) in [6.45, 7) is 7.03. The molecule has 3 heterocycles. The fraction of sp³-hybridized carbons (Fsp3) is 0.500. The van der Waals surface area contributed by atoms with Crippen LogP contribution in [0.2, 0.25) is 0 Å². The molecule has 1 saturated heterocycles. The highest BCUT2D eigenvalue weighted by Crippen LogP contribution is 2.50. The Morgan fingerprint density at radius 3 is 2.76 bits per heavy atom. The molecule has 3 amide bonds. The Hall–Kier alpha value is -3.17. The van der Waals surface area contributed by atoms with Crippen LogP contribution in [-0.2, 0) is 11.2 Å². The van der Waals surface area contributed by atoms with Crippen LogP contribution in [0.3, 0.4) is 0 Å². The maximum absolute atomic E-state index is 15.6. The number of hydrogen-bond acceptors (Lipinski definition) is 5. The summed E-state index contributed by atoms with van der Waals surface area (Å²) in [4.78, 5) is 36.3. The van der Waals surface area contributed by atoms with Crippen molar-refractivity contribution in [2.24, 2.45) is 0 Å². The van der Waals surface area contributed by atoms with Crippen molar-refractivity contribution < 1.29 is 23.8 Å². The topological polar surface area (TPSA) is 89.1 Å². The lowest BCUT2D eigenvalue weighted by Gasteiger charge is -2.43. The van der Waals surface area contributed by atoms with Gasteiger partial charge in [-0.05, 0) is 70.5 Å². The van der Waals surface area contributed by atoms with Gasteiger partial charge in [-0.25, -0.2) is 9.18 Å². The van der Waals surface area contributed by atoms with Crippen molar-refractivity contribution in [3.63, 3.8) is 0 Å². The molecule has 198 valence electrons. The summed E-state index contributed by atoms with van der Waals surface area (Å²) in [6, 6.07) is 2.65. The summed E-state index contributed by atoms with van der Waals surface area (Å²) in [5.41, 5.74) is 1.40. The van der Waals surface area contributed by atoms with Gasteiger partial charge in [-0.15, -0.1) is 0 Å². The van der Waals surface area contributed by atoms with Crippen molar-refractivity contribution in [3.8, 4) is 5.75 Å². The number of aliphatic hydroxyl groups is 1. The number of H-pyrrole nitrogens is 1. The van der Waals surface area contributed by atoms with E-state index in [2.05, 4.69) is 23.7 Å². The second-order valence-corrected chi connectivity index (χ2v) is 10.8. The molecule has 3 aliphatic rings. The number of urea groups is 1. The monoisotopic (exact) mass is 510 g/mol. The third-order valence-electron chi connectivity index (χ3n) is 8.11. The number of imide groups is 1. The molecule has 2 aliphatic heterocycles. The van der Waals surface area contributed by atoms with Gasteiger partial charge >= 0.3 is 6.03 Å². The molecule has 8 nitrogen and oxygen atoms in total. The number of ether oxygens (including phenoxy) is 1. The first-order valence-electron chi connectivity index (χ1n) is 12.9. The van der Waals surface area contributed by atoms with Crippen LogP contribution in [0.4, 0.5) is 9.18 Å². The number of carbonyl (C=O) groups is 2. The number of hydrogen-bond donors (Lipinski definition) is 2. The standard InChI is InChI=1S/C28H35FN4O4/c1-16(2)31(4)12-7-13-32-26(35)28(3)15-19-22-20(10-11-21(37-5)23(22)29)30-24(19)25(33(28)27(32)36)17-8-6-9-18(34)14-17/h6,8,10-11,14,16,18,25,30,34H,7,9,12-13,15H2,1-5H3/t18?,25-,28+/m1/s1. The van der Waals surface area contributed by atoms with Gasteiger partial charge in [0.15, 0.2) is 11.6 Å². The number of fused-ring (bicyclic) bond motifs is 4. The number of carbonyl (C=O) groups excluding carboxylic acids is 2. The van der Waals surface area contributed by atoms with Gasteiger partial charge in [0.1, 0.15) is 11.6 Å². The molecule has 0 radical (unpaired) electrons. The minimum atomic E-state index is -1.19. The number of nitrogens with one attached hydrogen (secondary N) is 1. The number of nitrogens with zero attached hydrogens (tertiary/aromatic N) is 3. The molecule has 37 heavy (non-hydrogen) atoms. The van der Waals surface area contributed by atoms with E-state index in [9.17, 15) is 14.7 Å². The predicted molar refractivity (Wildman–Crippen MR) is 139 cm³/mol. The Kier molecular flexibility index (Phi) is 6.40. The van der Waals surface area contributed by atoms with Crippen LogP contribution in [-0.4, -0.2) is 81.7 Å². The first kappa shape index (κ1) is 25.5. The van der Waals surface area contributed by atoms with Crippen molar-refractivity contribution in [1.82, 2.24) is 19.7 Å². The van der Waals surface area contributed by atoms with Gasteiger partial charge in [0.2, 0.25) is 0 Å². The summed E-state index contributed by atoms with van der Waals surface area (Å²) in [5.74, 6) is -0.652. The molecular formula is C28H35FN4O4. The van der Waals surface area contributed by atoms with Crippen LogP contribution in [0.5, 0.6) is 5.75 Å². The molecule has 2 aromatic rings. The Labute approximate surface area is 216 Å². The second-order valence-electron chi connectivity index (χ2n) is 10.8. The highest BCUT2D eigenvalue weighted by Gasteiger charge is 2.60. The number of benzene rings is 1. The smallest absolute Gasteiger partial charge is 0.328 e. The van der Waals surface area contributed by atoms with Gasteiger partial charge in [0, 0.05) is 35.6 Å². The number of halogens is 1. The number of rotatable bonds is 7. The highest BCUT2D eigenvalue weighted by molar-refractivity contribution is 6.08. The number of aliphatic hydroxyl groups excluding tert-OH is 1. The number of amides is 3. The summed E-state index contributed by atoms with van der Waals surface area (Å²) in [7, 11) is 3.44. The van der Waals surface area contributed by atoms with Gasteiger partial charge in [0.05, 0.1) is 13.2 Å². The first-order valence-corrected chi connectivity index (χ1v) is 12.9. The van der Waals surface area contributed by atoms with E-state index in [-0.39, 0.29) is 24.1 Å². The SMILES string of the molecule is COc1ccc2[nH]c3c(c2c1F)C[C@@]1(C)C(=O)N(CCCN(C)C(C)C)C(=O)N1[C@@H]3C1=CC(O)CC=C1. The van der Waals surface area contributed by atoms with Crippen molar-refractivity contribution in [1.29, 1.82) is 0 Å². The van der Waals surface area contributed by atoms with E-state index in [1.165, 1.54) is 12.0 Å². The Morgan fingerprint density at radius 2 is 2.08 bits per heavy atom. The zero-order valence-electron chi connectivity index (χ0n) is 22.0. The first-order chi connectivity index (χ1) is 17.6. The zero-order chi connectivity index (χ0) is 26.6. The average molecular weight is 511 g/mol. The number of aromatic amines is 1. The van der Waals surface area contributed by atoms with Gasteiger partial charge in [-0.1, -0.05) is 18.2 Å². The summed E-state index contributed by atoms with van der Waals surface area (Å²) in [6.07, 6.45) is 6.07. The second kappa shape index (κ2) is 9.29. The van der Waals surface area contributed by atoms with Crippen LogP contribution < -0.4 is 4.74 Å². The maximum Gasteiger partial charge on any atom is 0.328 e. The van der Waals surface area contributed by atoms with Gasteiger partial charge in [-0.3, -0.25) is 14.6 Å². The lowest BCUT2D eigenvalue weighted by Crippen LogP contribution is -2.53. The van der Waals surface area contributed by atoms with Crippen molar-refractivity contribution in [3.05, 3.63) is 53.0 Å². The van der Waals surface area contributed by atoms with Crippen LogP contribution in [0.25, 0.3) is 10.9 Å². The molecule has 1 fully saturated rings. The molecular weight excluding hydrogens is 475 g/mol. The minimum Gasteiger partial charge on any atom is -0.494 e. The molecule has 1 aromatic carbocycles. The number of aromatic nitrogens is 1. The quantitative estimate of drug-likeness (QED) is 0.552. The molecule has 9 heteroatoms.